The van der Waals surface area contributed by atoms with Crippen LogP contribution in [0.5, 0.6) is 0 Å². The minimum absolute atomic E-state index is 0.156. The van der Waals surface area contributed by atoms with E-state index in [0.29, 0.717) is 43.2 Å². The summed E-state index contributed by atoms with van der Waals surface area (Å²) < 4.78 is 0. The Morgan fingerprint density at radius 2 is 1.97 bits per heavy atom. The van der Waals surface area contributed by atoms with E-state index in [-0.39, 0.29) is 17.9 Å². The van der Waals surface area contributed by atoms with Crippen molar-refractivity contribution in [3.63, 3.8) is 0 Å². The summed E-state index contributed by atoms with van der Waals surface area (Å²) in [6, 6.07) is 13.5. The fourth-order valence-electron chi connectivity index (χ4n) is 4.57. The summed E-state index contributed by atoms with van der Waals surface area (Å²) in [5, 5.41) is 11.9. The molecular formula is C25H30N6O2. The Labute approximate surface area is 194 Å². The second-order valence-electron chi connectivity index (χ2n) is 8.73. The van der Waals surface area contributed by atoms with Gasteiger partial charge in [0.25, 0.3) is 5.91 Å². The first-order valence-corrected chi connectivity index (χ1v) is 11.5. The number of nitrogens with one attached hydrogen (secondary N) is 1. The zero-order valence-corrected chi connectivity index (χ0v) is 18.7. The van der Waals surface area contributed by atoms with E-state index in [1.807, 2.05) is 24.3 Å². The molecule has 8 heteroatoms. The molecule has 8 nitrogen and oxygen atoms in total. The molecule has 2 fully saturated rings. The minimum Gasteiger partial charge on any atom is -0.353 e. The molecule has 2 amide bonds. The van der Waals surface area contributed by atoms with Crippen LogP contribution in [0.25, 0.3) is 0 Å². The van der Waals surface area contributed by atoms with Crippen LogP contribution < -0.4 is 11.1 Å². The number of nitrogens with two attached hydrogens (primary N) is 1. The van der Waals surface area contributed by atoms with E-state index in [0.717, 1.165) is 31.4 Å². The first-order valence-electron chi connectivity index (χ1n) is 11.5. The highest BCUT2D eigenvalue weighted by Crippen LogP contribution is 2.35. The third-order valence-corrected chi connectivity index (χ3v) is 6.42. The molecule has 1 aromatic carbocycles. The van der Waals surface area contributed by atoms with Crippen LogP contribution in [0, 0.1) is 11.3 Å². The van der Waals surface area contributed by atoms with Crippen molar-refractivity contribution in [2.24, 2.45) is 5.73 Å². The second kappa shape index (κ2) is 10.6. The van der Waals surface area contributed by atoms with Crippen molar-refractivity contribution in [1.29, 1.82) is 5.26 Å². The SMILES string of the molecule is N#Cc1ccc(CN(C2CC2)C2CCN(C(=O)c3cccnc3)[C@@H](C(=O)NCCN)C2)cc1. The number of amides is 2. The van der Waals surface area contributed by atoms with Gasteiger partial charge in [-0.25, -0.2) is 0 Å². The molecule has 1 aliphatic heterocycles. The molecule has 0 spiro atoms. The molecule has 172 valence electrons. The highest BCUT2D eigenvalue weighted by molar-refractivity contribution is 5.97. The smallest absolute Gasteiger partial charge is 0.256 e. The van der Waals surface area contributed by atoms with Gasteiger partial charge in [-0.3, -0.25) is 19.5 Å². The number of carbonyl (C=O) groups excluding carboxylic acids is 2. The Balaban J connectivity index is 1.52. The lowest BCUT2D eigenvalue weighted by atomic mass is 9.93. The number of nitrogens with zero attached hydrogens (tertiary/aromatic N) is 4. The number of likely N-dealkylation sites (tertiary alicyclic amines) is 1. The van der Waals surface area contributed by atoms with E-state index < -0.39 is 6.04 Å². The first-order chi connectivity index (χ1) is 16.1. The summed E-state index contributed by atoms with van der Waals surface area (Å²) in [6.45, 7) is 2.02. The average Bonchev–Trinajstić information content (AvgIpc) is 3.71. The topological polar surface area (TPSA) is 115 Å². The fourth-order valence-corrected chi connectivity index (χ4v) is 4.57. The summed E-state index contributed by atoms with van der Waals surface area (Å²) >= 11 is 0. The molecule has 1 unspecified atom stereocenters. The van der Waals surface area contributed by atoms with E-state index in [9.17, 15) is 9.59 Å². The van der Waals surface area contributed by atoms with Crippen LogP contribution in [0.1, 0.15) is 47.2 Å². The normalized spacial score (nSPS) is 20.3. The second-order valence-corrected chi connectivity index (χ2v) is 8.73. The molecule has 2 aromatic rings. The van der Waals surface area contributed by atoms with E-state index in [4.69, 9.17) is 11.0 Å². The van der Waals surface area contributed by atoms with Crippen molar-refractivity contribution in [2.75, 3.05) is 19.6 Å². The third-order valence-electron chi connectivity index (χ3n) is 6.42. The maximum atomic E-state index is 13.2. The van der Waals surface area contributed by atoms with Gasteiger partial charge in [-0.05, 0) is 55.5 Å². The monoisotopic (exact) mass is 446 g/mol. The molecule has 0 bridgehead atoms. The number of pyridine rings is 1. The van der Waals surface area contributed by atoms with Gasteiger partial charge in [0.15, 0.2) is 0 Å². The average molecular weight is 447 g/mol. The van der Waals surface area contributed by atoms with Gasteiger partial charge in [-0.1, -0.05) is 12.1 Å². The summed E-state index contributed by atoms with van der Waals surface area (Å²) in [6.07, 6.45) is 6.86. The number of nitriles is 1. The summed E-state index contributed by atoms with van der Waals surface area (Å²) in [5.74, 6) is -0.323. The Bertz CT molecular complexity index is 1000. The largest absolute Gasteiger partial charge is 0.353 e. The molecular weight excluding hydrogens is 416 g/mol. The lowest BCUT2D eigenvalue weighted by Crippen LogP contribution is -2.57. The number of rotatable bonds is 8. The number of benzene rings is 1. The van der Waals surface area contributed by atoms with Crippen molar-refractivity contribution >= 4 is 11.8 Å². The number of hydrogen-bond donors (Lipinski definition) is 2. The Morgan fingerprint density at radius 1 is 1.18 bits per heavy atom. The number of hydrogen-bond acceptors (Lipinski definition) is 6. The van der Waals surface area contributed by atoms with Gasteiger partial charge in [0.2, 0.25) is 5.91 Å². The summed E-state index contributed by atoms with van der Waals surface area (Å²) in [7, 11) is 0. The van der Waals surface area contributed by atoms with Gasteiger partial charge in [0.1, 0.15) is 6.04 Å². The molecule has 3 N–H and O–H groups in total. The van der Waals surface area contributed by atoms with Crippen molar-refractivity contribution in [2.45, 2.75) is 50.4 Å². The Morgan fingerprint density at radius 3 is 2.61 bits per heavy atom. The molecule has 1 saturated carbocycles. The van der Waals surface area contributed by atoms with E-state index >= 15 is 0 Å². The van der Waals surface area contributed by atoms with Crippen LogP contribution in [0.4, 0.5) is 0 Å². The van der Waals surface area contributed by atoms with Crippen molar-refractivity contribution in [3.05, 3.63) is 65.5 Å². The van der Waals surface area contributed by atoms with Crippen LogP contribution in [0.2, 0.25) is 0 Å². The van der Waals surface area contributed by atoms with Crippen molar-refractivity contribution in [3.8, 4) is 6.07 Å². The number of aromatic nitrogens is 1. The first kappa shape index (κ1) is 22.9. The van der Waals surface area contributed by atoms with E-state index in [1.165, 1.54) is 0 Å². The lowest BCUT2D eigenvalue weighted by molar-refractivity contribution is -0.127. The van der Waals surface area contributed by atoms with Crippen molar-refractivity contribution < 1.29 is 9.59 Å². The van der Waals surface area contributed by atoms with E-state index in [2.05, 4.69) is 21.3 Å². The van der Waals surface area contributed by atoms with Crippen LogP contribution in [0.15, 0.2) is 48.8 Å². The Kier molecular flexibility index (Phi) is 7.33. The predicted molar refractivity (Wildman–Crippen MR) is 124 cm³/mol. The summed E-state index contributed by atoms with van der Waals surface area (Å²) in [4.78, 5) is 34.5. The van der Waals surface area contributed by atoms with E-state index in [1.54, 1.807) is 29.4 Å². The lowest BCUT2D eigenvalue weighted by Gasteiger charge is -2.43. The molecule has 2 atom stereocenters. The minimum atomic E-state index is -0.551. The van der Waals surface area contributed by atoms with Gasteiger partial charge in [-0.2, -0.15) is 5.26 Å². The van der Waals surface area contributed by atoms with Crippen LogP contribution in [-0.2, 0) is 11.3 Å². The Hall–Kier alpha value is -3.28. The summed E-state index contributed by atoms with van der Waals surface area (Å²) in [5.41, 5.74) is 7.88. The highest BCUT2D eigenvalue weighted by Gasteiger charge is 2.42. The zero-order chi connectivity index (χ0) is 23.2. The molecule has 1 aliphatic carbocycles. The van der Waals surface area contributed by atoms with Gasteiger partial charge in [0.05, 0.1) is 17.2 Å². The van der Waals surface area contributed by atoms with Gasteiger partial charge < -0.3 is 16.0 Å². The quantitative estimate of drug-likeness (QED) is 0.637. The molecule has 2 aliphatic rings. The molecule has 0 radical (unpaired) electrons. The zero-order valence-electron chi connectivity index (χ0n) is 18.7. The number of piperidine rings is 1. The molecule has 1 saturated heterocycles. The van der Waals surface area contributed by atoms with Gasteiger partial charge >= 0.3 is 0 Å². The highest BCUT2D eigenvalue weighted by atomic mass is 16.2. The van der Waals surface area contributed by atoms with Gasteiger partial charge in [-0.15, -0.1) is 0 Å². The van der Waals surface area contributed by atoms with Crippen molar-refractivity contribution in [1.82, 2.24) is 20.1 Å². The number of carbonyl (C=O) groups is 2. The molecule has 2 heterocycles. The third kappa shape index (κ3) is 5.56. The standard InChI is InChI=1S/C25H30N6O2/c26-10-12-29-24(32)23-14-22(9-13-30(23)25(33)20-2-1-11-28-16-20)31(21-7-8-21)17-19-5-3-18(15-27)4-6-19/h1-6,11,16,21-23H,7-10,12-14,17,26H2,(H,29,32)/t22?,23-/m1/s1. The maximum Gasteiger partial charge on any atom is 0.256 e. The van der Waals surface area contributed by atoms with Gasteiger partial charge in [0, 0.05) is 50.7 Å². The predicted octanol–water partition coefficient (Wildman–Crippen LogP) is 1.67. The molecule has 1 aromatic heterocycles. The van der Waals surface area contributed by atoms with Crippen LogP contribution >= 0.6 is 0 Å². The van der Waals surface area contributed by atoms with Crippen LogP contribution in [-0.4, -0.2) is 64.4 Å². The fraction of sp³-hybridized carbons (Fsp3) is 0.440. The molecule has 4 rings (SSSR count). The van der Waals surface area contributed by atoms with Crippen LogP contribution in [0.3, 0.4) is 0 Å². The molecule has 33 heavy (non-hydrogen) atoms. The maximum absolute atomic E-state index is 13.2.